The number of hydrogen-bond donors (Lipinski definition) is 3. The number of phosphoric acid groups is 1. The van der Waals surface area contributed by atoms with E-state index in [0.717, 1.165) is 38.5 Å². The minimum atomic E-state index is -4.71. The van der Waals surface area contributed by atoms with Crippen molar-refractivity contribution in [1.82, 2.24) is 0 Å². The molecule has 0 radical (unpaired) electrons. The number of ether oxygens (including phenoxy) is 2. The third kappa shape index (κ3) is 42.9. The van der Waals surface area contributed by atoms with Gasteiger partial charge in [0.1, 0.15) is 12.6 Å². The molecule has 0 aromatic heterocycles. The van der Waals surface area contributed by atoms with Gasteiger partial charge < -0.3 is 25.2 Å². The van der Waals surface area contributed by atoms with Crippen molar-refractivity contribution in [3.8, 4) is 0 Å². The van der Waals surface area contributed by atoms with Crippen molar-refractivity contribution in [1.29, 1.82) is 0 Å². The maximum Gasteiger partial charge on any atom is 0.472 e. The molecule has 0 saturated heterocycles. The summed E-state index contributed by atoms with van der Waals surface area (Å²) in [6.07, 6.45) is 45.6. The zero-order chi connectivity index (χ0) is 44.2. The number of carboxylic acids is 1. The lowest BCUT2D eigenvalue weighted by Gasteiger charge is -2.20. The van der Waals surface area contributed by atoms with Crippen LogP contribution < -0.4 is 5.73 Å². The van der Waals surface area contributed by atoms with E-state index in [1.54, 1.807) is 0 Å². The van der Waals surface area contributed by atoms with Crippen LogP contribution in [-0.2, 0) is 37.5 Å². The quantitative estimate of drug-likeness (QED) is 0.0230. The summed E-state index contributed by atoms with van der Waals surface area (Å²) < 4.78 is 32.8. The van der Waals surface area contributed by atoms with Crippen LogP contribution in [0.3, 0.4) is 0 Å². The van der Waals surface area contributed by atoms with Gasteiger partial charge in [0.2, 0.25) is 0 Å². The van der Waals surface area contributed by atoms with E-state index in [2.05, 4.69) is 30.5 Å². The van der Waals surface area contributed by atoms with E-state index >= 15 is 0 Å². The zero-order valence-electron chi connectivity index (χ0n) is 38.6. The highest BCUT2D eigenvalue weighted by Gasteiger charge is 2.28. The fourth-order valence-electron chi connectivity index (χ4n) is 7.11. The molecule has 12 heteroatoms. The van der Waals surface area contributed by atoms with Gasteiger partial charge in [-0.15, -0.1) is 0 Å². The van der Waals surface area contributed by atoms with Crippen molar-refractivity contribution in [3.05, 3.63) is 12.2 Å². The zero-order valence-corrected chi connectivity index (χ0v) is 39.5. The van der Waals surface area contributed by atoms with Gasteiger partial charge in [-0.2, -0.15) is 0 Å². The van der Waals surface area contributed by atoms with Crippen molar-refractivity contribution in [2.45, 2.75) is 257 Å². The molecule has 0 heterocycles. The molecule has 0 fully saturated rings. The number of esters is 2. The minimum absolute atomic E-state index is 0.163. The number of aliphatic carboxylic acids is 1. The third-order valence-corrected chi connectivity index (χ3v) is 12.0. The van der Waals surface area contributed by atoms with Crippen LogP contribution in [-0.4, -0.2) is 59.9 Å². The molecule has 0 aliphatic heterocycles. The van der Waals surface area contributed by atoms with Gasteiger partial charge in [0.15, 0.2) is 6.10 Å². The number of unbranched alkanes of at least 4 members (excludes halogenated alkanes) is 31. The Kier molecular flexibility index (Phi) is 42.6. The highest BCUT2D eigenvalue weighted by atomic mass is 31.2. The van der Waals surface area contributed by atoms with E-state index < -0.39 is 51.1 Å². The second kappa shape index (κ2) is 43.9. The van der Waals surface area contributed by atoms with Gasteiger partial charge in [-0.25, -0.2) is 4.57 Å². The summed E-state index contributed by atoms with van der Waals surface area (Å²) in [5.41, 5.74) is 5.35. The Bertz CT molecular complexity index is 1070. The van der Waals surface area contributed by atoms with Gasteiger partial charge in [0, 0.05) is 12.8 Å². The molecule has 0 aromatic carbocycles. The van der Waals surface area contributed by atoms with Crippen LogP contribution in [0.2, 0.25) is 0 Å². The molecule has 0 saturated carbocycles. The number of hydrogen-bond acceptors (Lipinski definition) is 9. The molecule has 1 unspecified atom stereocenters. The molecule has 0 aliphatic carbocycles. The van der Waals surface area contributed by atoms with Gasteiger partial charge >= 0.3 is 25.7 Å². The van der Waals surface area contributed by atoms with Crippen molar-refractivity contribution in [3.63, 3.8) is 0 Å². The van der Waals surface area contributed by atoms with Crippen LogP contribution >= 0.6 is 7.82 Å². The van der Waals surface area contributed by atoms with Crippen LogP contribution in [0.5, 0.6) is 0 Å². The van der Waals surface area contributed by atoms with E-state index in [1.165, 1.54) is 167 Å². The number of allylic oxidation sites excluding steroid dienone is 2. The summed E-state index contributed by atoms with van der Waals surface area (Å²) in [4.78, 5) is 46.1. The average Bonchev–Trinajstić information content (AvgIpc) is 3.22. The highest BCUT2D eigenvalue weighted by molar-refractivity contribution is 7.47. The summed E-state index contributed by atoms with van der Waals surface area (Å²) in [6, 6.07) is -1.52. The topological polar surface area (TPSA) is 172 Å². The molecule has 11 nitrogen and oxygen atoms in total. The predicted molar refractivity (Wildman–Crippen MR) is 245 cm³/mol. The molecule has 0 bridgehead atoms. The summed E-state index contributed by atoms with van der Waals surface area (Å²) in [5, 5.41) is 8.91. The lowest BCUT2D eigenvalue weighted by molar-refractivity contribution is -0.161. The number of carboxylic acid groups (broad SMARTS) is 1. The normalized spacial score (nSPS) is 13.7. The molecule has 0 rings (SSSR count). The minimum Gasteiger partial charge on any atom is -0.480 e. The van der Waals surface area contributed by atoms with Crippen molar-refractivity contribution in [2.24, 2.45) is 5.73 Å². The van der Waals surface area contributed by atoms with Crippen LogP contribution in [0, 0.1) is 0 Å². The van der Waals surface area contributed by atoms with Crippen molar-refractivity contribution < 1.29 is 47.5 Å². The number of carbonyl (C=O) groups is 3. The molecular formula is C48H92NO10P. The first kappa shape index (κ1) is 58.2. The smallest absolute Gasteiger partial charge is 0.472 e. The Hall–Kier alpha value is -1.78. The van der Waals surface area contributed by atoms with Crippen LogP contribution in [0.15, 0.2) is 12.2 Å². The second-order valence-electron chi connectivity index (χ2n) is 17.0. The SMILES string of the molecule is CCCC/C=C/CCCCCCCCCCCC(=O)O[C@@H](COC(=O)CCCCCCCCCCCCCCCCCCCCCCC)COP(=O)(O)OC[C@H](N)C(=O)O. The van der Waals surface area contributed by atoms with Crippen molar-refractivity contribution in [2.75, 3.05) is 19.8 Å². The first-order chi connectivity index (χ1) is 29.1. The molecule has 4 N–H and O–H groups in total. The monoisotopic (exact) mass is 874 g/mol. The summed E-state index contributed by atoms with van der Waals surface area (Å²) in [6.45, 7) is 2.82. The lowest BCUT2D eigenvalue weighted by Crippen LogP contribution is -2.34. The Morgan fingerprint density at radius 1 is 0.500 bits per heavy atom. The molecule has 0 amide bonds. The van der Waals surface area contributed by atoms with E-state index in [4.69, 9.17) is 24.8 Å². The molecule has 3 atom stereocenters. The fraction of sp³-hybridized carbons (Fsp3) is 0.896. The largest absolute Gasteiger partial charge is 0.480 e. The summed E-state index contributed by atoms with van der Waals surface area (Å²) in [7, 11) is -4.71. The van der Waals surface area contributed by atoms with Gasteiger partial charge in [-0.1, -0.05) is 212 Å². The molecule has 60 heavy (non-hydrogen) atoms. The van der Waals surface area contributed by atoms with E-state index in [1.807, 2.05) is 0 Å². The molecular weight excluding hydrogens is 781 g/mol. The summed E-state index contributed by atoms with van der Waals surface area (Å²) in [5.74, 6) is -2.36. The van der Waals surface area contributed by atoms with E-state index in [0.29, 0.717) is 12.8 Å². The molecule has 0 aromatic rings. The number of phosphoric ester groups is 1. The predicted octanol–water partition coefficient (Wildman–Crippen LogP) is 13.6. The van der Waals surface area contributed by atoms with E-state index in [9.17, 15) is 23.8 Å². The lowest BCUT2D eigenvalue weighted by atomic mass is 10.0. The number of nitrogens with two attached hydrogens (primary N) is 1. The van der Waals surface area contributed by atoms with Crippen LogP contribution in [0.25, 0.3) is 0 Å². The maximum atomic E-state index is 12.7. The molecule has 0 aliphatic rings. The summed E-state index contributed by atoms with van der Waals surface area (Å²) >= 11 is 0. The second-order valence-corrected chi connectivity index (χ2v) is 18.4. The van der Waals surface area contributed by atoms with Crippen LogP contribution in [0.1, 0.15) is 245 Å². The number of rotatable bonds is 47. The van der Waals surface area contributed by atoms with Gasteiger partial charge in [0.05, 0.1) is 13.2 Å². The Morgan fingerprint density at radius 3 is 1.27 bits per heavy atom. The maximum absolute atomic E-state index is 12.7. The Labute approximate surface area is 367 Å². The Balaban J connectivity index is 4.20. The molecule has 0 spiro atoms. The van der Waals surface area contributed by atoms with Gasteiger partial charge in [-0.3, -0.25) is 23.4 Å². The Morgan fingerprint density at radius 2 is 0.850 bits per heavy atom. The first-order valence-corrected chi connectivity index (χ1v) is 26.2. The molecule has 354 valence electrons. The van der Waals surface area contributed by atoms with E-state index in [-0.39, 0.29) is 19.4 Å². The fourth-order valence-corrected chi connectivity index (χ4v) is 7.89. The average molecular weight is 874 g/mol. The van der Waals surface area contributed by atoms with Gasteiger partial charge in [0.25, 0.3) is 0 Å². The van der Waals surface area contributed by atoms with Crippen LogP contribution in [0.4, 0.5) is 0 Å². The third-order valence-electron chi connectivity index (χ3n) is 11.0. The van der Waals surface area contributed by atoms with Crippen molar-refractivity contribution >= 4 is 25.7 Å². The number of carbonyl (C=O) groups excluding carboxylic acids is 2. The first-order valence-electron chi connectivity index (χ1n) is 24.7. The highest BCUT2D eigenvalue weighted by Crippen LogP contribution is 2.43. The van der Waals surface area contributed by atoms with Gasteiger partial charge in [-0.05, 0) is 32.1 Å². The standard InChI is InChI=1S/C48H92NO10P/c1-3-5-7-9-11-13-15-17-19-20-21-22-23-24-26-27-29-31-33-35-37-39-46(50)56-41-44(42-57-60(54,55)58-43-45(49)48(52)53)59-47(51)40-38-36-34-32-30-28-25-18-16-14-12-10-8-6-4-2/h10,12,44-45H,3-9,11,13-43,49H2,1-2H3,(H,52,53)(H,54,55)/b12-10+/t44-,45-/m0/s1.